The van der Waals surface area contributed by atoms with Crippen molar-refractivity contribution in [1.29, 1.82) is 0 Å². The number of hydrogen-bond acceptors (Lipinski definition) is 4. The van der Waals surface area contributed by atoms with Crippen molar-refractivity contribution in [2.75, 3.05) is 5.32 Å². The Morgan fingerprint density at radius 2 is 1.88 bits per heavy atom. The van der Waals surface area contributed by atoms with Crippen LogP contribution in [0.1, 0.15) is 33.2 Å². The summed E-state index contributed by atoms with van der Waals surface area (Å²) in [5.41, 5.74) is 2.00. The number of ketones is 1. The van der Waals surface area contributed by atoms with Gasteiger partial charge in [0.2, 0.25) is 5.91 Å². The van der Waals surface area contributed by atoms with Gasteiger partial charge in [-0.2, -0.15) is 0 Å². The average Bonchev–Trinajstić information content (AvgIpc) is 2.87. The van der Waals surface area contributed by atoms with E-state index in [0.29, 0.717) is 34.0 Å². The minimum atomic E-state index is -0.248. The first-order chi connectivity index (χ1) is 11.5. The molecule has 0 radical (unpaired) electrons. The molecule has 3 aromatic rings. The number of amides is 1. The third-order valence-electron chi connectivity index (χ3n) is 3.64. The van der Waals surface area contributed by atoms with Crippen molar-refractivity contribution in [3.05, 3.63) is 59.2 Å². The highest BCUT2D eigenvalue weighted by atomic mass is 16.3. The lowest BCUT2D eigenvalue weighted by molar-refractivity contribution is -0.114. The van der Waals surface area contributed by atoms with E-state index >= 15 is 0 Å². The Balaban J connectivity index is 2.02. The lowest BCUT2D eigenvalue weighted by atomic mass is 10.0. The highest BCUT2D eigenvalue weighted by molar-refractivity contribution is 6.12. The molecular formula is C18H14N2O4. The number of fused-ring (bicyclic) bond motifs is 1. The molecule has 3 rings (SSSR count). The molecule has 0 aliphatic carbocycles. The number of aromatic hydroxyl groups is 1. The van der Waals surface area contributed by atoms with Gasteiger partial charge in [-0.1, -0.05) is 12.1 Å². The van der Waals surface area contributed by atoms with Crippen LogP contribution in [0.4, 0.5) is 5.69 Å². The number of benzene rings is 2. The predicted octanol–water partition coefficient (Wildman–Crippen LogP) is 2.88. The topological polar surface area (TPSA) is 99.3 Å². The SMILES string of the molecule is CC(=O)Nc1cccc(C(=O)c2ccc3[nH]c(O)c(C=O)c3c2)c1. The Kier molecular flexibility index (Phi) is 3.87. The van der Waals surface area contributed by atoms with E-state index < -0.39 is 0 Å². The molecule has 0 saturated carbocycles. The lowest BCUT2D eigenvalue weighted by Crippen LogP contribution is -2.07. The number of carbonyl (C=O) groups excluding carboxylic acids is 3. The number of aromatic amines is 1. The molecule has 0 fully saturated rings. The van der Waals surface area contributed by atoms with E-state index in [2.05, 4.69) is 10.3 Å². The van der Waals surface area contributed by atoms with Gasteiger partial charge in [0, 0.05) is 34.6 Å². The number of rotatable bonds is 4. The van der Waals surface area contributed by atoms with E-state index in [9.17, 15) is 19.5 Å². The van der Waals surface area contributed by atoms with Crippen LogP contribution in [0.2, 0.25) is 0 Å². The second-order valence-electron chi connectivity index (χ2n) is 5.36. The van der Waals surface area contributed by atoms with Gasteiger partial charge < -0.3 is 15.4 Å². The van der Waals surface area contributed by atoms with Crippen LogP contribution in [0.15, 0.2) is 42.5 Å². The van der Waals surface area contributed by atoms with Crippen LogP contribution in [0.25, 0.3) is 10.9 Å². The van der Waals surface area contributed by atoms with E-state index in [0.717, 1.165) is 0 Å². The zero-order valence-corrected chi connectivity index (χ0v) is 12.8. The second-order valence-corrected chi connectivity index (χ2v) is 5.36. The molecule has 0 aliphatic rings. The Labute approximate surface area is 137 Å². The first-order valence-electron chi connectivity index (χ1n) is 7.22. The average molecular weight is 322 g/mol. The third-order valence-corrected chi connectivity index (χ3v) is 3.64. The quantitative estimate of drug-likeness (QED) is 0.508. The van der Waals surface area contributed by atoms with Crippen LogP contribution in [0, 0.1) is 0 Å². The zero-order chi connectivity index (χ0) is 17.3. The fourth-order valence-electron chi connectivity index (χ4n) is 2.57. The highest BCUT2D eigenvalue weighted by Gasteiger charge is 2.15. The Hall–Kier alpha value is -3.41. The normalized spacial score (nSPS) is 10.5. The summed E-state index contributed by atoms with van der Waals surface area (Å²) < 4.78 is 0. The lowest BCUT2D eigenvalue weighted by Gasteiger charge is -2.06. The third kappa shape index (κ3) is 2.77. The van der Waals surface area contributed by atoms with Gasteiger partial charge >= 0.3 is 0 Å². The van der Waals surface area contributed by atoms with Gasteiger partial charge in [0.25, 0.3) is 0 Å². The molecule has 0 aliphatic heterocycles. The smallest absolute Gasteiger partial charge is 0.221 e. The molecule has 24 heavy (non-hydrogen) atoms. The monoisotopic (exact) mass is 322 g/mol. The minimum Gasteiger partial charge on any atom is -0.494 e. The number of aldehydes is 1. The number of H-pyrrole nitrogens is 1. The van der Waals surface area contributed by atoms with Crippen molar-refractivity contribution >= 4 is 34.6 Å². The van der Waals surface area contributed by atoms with Crippen LogP contribution >= 0.6 is 0 Å². The largest absolute Gasteiger partial charge is 0.494 e. The number of carbonyl (C=O) groups is 3. The molecule has 0 unspecified atom stereocenters. The van der Waals surface area contributed by atoms with Crippen LogP contribution in [-0.4, -0.2) is 28.1 Å². The molecule has 2 aromatic carbocycles. The maximum absolute atomic E-state index is 12.7. The van der Waals surface area contributed by atoms with Gasteiger partial charge in [0.05, 0.1) is 5.56 Å². The maximum atomic E-state index is 12.7. The number of aromatic nitrogens is 1. The van der Waals surface area contributed by atoms with Gasteiger partial charge in [-0.05, 0) is 30.3 Å². The fourth-order valence-corrected chi connectivity index (χ4v) is 2.57. The summed E-state index contributed by atoms with van der Waals surface area (Å²) in [5.74, 6) is -0.696. The number of hydrogen-bond donors (Lipinski definition) is 3. The standard InChI is InChI=1S/C18H14N2O4/c1-10(22)19-13-4-2-3-11(7-13)17(23)12-5-6-16-14(8-12)15(9-21)18(24)20-16/h2-9,20,24H,1H3,(H,19,22). The molecule has 0 saturated heterocycles. The molecule has 1 amide bonds. The van der Waals surface area contributed by atoms with E-state index in [-0.39, 0.29) is 23.1 Å². The molecule has 6 nitrogen and oxygen atoms in total. The van der Waals surface area contributed by atoms with Gasteiger partial charge in [-0.3, -0.25) is 14.4 Å². The minimum absolute atomic E-state index is 0.117. The summed E-state index contributed by atoms with van der Waals surface area (Å²) in [6, 6.07) is 11.4. The molecule has 0 atom stereocenters. The van der Waals surface area contributed by atoms with Crippen molar-refractivity contribution in [2.45, 2.75) is 6.92 Å². The maximum Gasteiger partial charge on any atom is 0.221 e. The molecule has 120 valence electrons. The van der Waals surface area contributed by atoms with Crippen LogP contribution in [-0.2, 0) is 4.79 Å². The summed E-state index contributed by atoms with van der Waals surface area (Å²) in [7, 11) is 0. The zero-order valence-electron chi connectivity index (χ0n) is 12.8. The second kappa shape index (κ2) is 6.00. The predicted molar refractivity (Wildman–Crippen MR) is 89.5 cm³/mol. The van der Waals surface area contributed by atoms with E-state index in [1.54, 1.807) is 42.5 Å². The molecule has 0 spiro atoms. The first-order valence-corrected chi connectivity index (χ1v) is 7.22. The Bertz CT molecular complexity index is 972. The van der Waals surface area contributed by atoms with Gasteiger partial charge in [0.15, 0.2) is 17.9 Å². The molecule has 6 heteroatoms. The summed E-state index contributed by atoms with van der Waals surface area (Å²) in [4.78, 5) is 37.6. The molecule has 1 heterocycles. The van der Waals surface area contributed by atoms with Crippen LogP contribution in [0.3, 0.4) is 0 Å². The number of anilines is 1. The van der Waals surface area contributed by atoms with Crippen molar-refractivity contribution in [2.24, 2.45) is 0 Å². The first kappa shape index (κ1) is 15.5. The molecular weight excluding hydrogens is 308 g/mol. The highest BCUT2D eigenvalue weighted by Crippen LogP contribution is 2.27. The number of nitrogens with one attached hydrogen (secondary N) is 2. The summed E-state index contributed by atoms with van der Waals surface area (Å²) in [5, 5.41) is 12.8. The van der Waals surface area contributed by atoms with Crippen LogP contribution in [0.5, 0.6) is 5.88 Å². The summed E-state index contributed by atoms with van der Waals surface area (Å²) >= 11 is 0. The van der Waals surface area contributed by atoms with E-state index in [1.807, 2.05) is 0 Å². The van der Waals surface area contributed by atoms with Gasteiger partial charge in [-0.15, -0.1) is 0 Å². The molecule has 0 bridgehead atoms. The Morgan fingerprint density at radius 3 is 2.58 bits per heavy atom. The molecule has 1 aromatic heterocycles. The van der Waals surface area contributed by atoms with Crippen molar-refractivity contribution in [3.8, 4) is 5.88 Å². The fraction of sp³-hybridized carbons (Fsp3) is 0.0556. The Morgan fingerprint density at radius 1 is 1.12 bits per heavy atom. The summed E-state index contributed by atoms with van der Waals surface area (Å²) in [6.07, 6.45) is 0.541. The van der Waals surface area contributed by atoms with Crippen LogP contribution < -0.4 is 5.32 Å². The van der Waals surface area contributed by atoms with Crippen molar-refractivity contribution in [3.63, 3.8) is 0 Å². The van der Waals surface area contributed by atoms with E-state index in [4.69, 9.17) is 0 Å². The van der Waals surface area contributed by atoms with Crippen molar-refractivity contribution < 1.29 is 19.5 Å². The van der Waals surface area contributed by atoms with Gasteiger partial charge in [-0.25, -0.2) is 0 Å². The van der Waals surface area contributed by atoms with Crippen molar-refractivity contribution in [1.82, 2.24) is 4.98 Å². The van der Waals surface area contributed by atoms with Gasteiger partial charge in [0.1, 0.15) is 0 Å². The molecule has 3 N–H and O–H groups in total. The summed E-state index contributed by atoms with van der Waals surface area (Å²) in [6.45, 7) is 1.39. The van der Waals surface area contributed by atoms with E-state index in [1.165, 1.54) is 6.92 Å².